The first-order valence-corrected chi connectivity index (χ1v) is 10.7. The van der Waals surface area contributed by atoms with Gasteiger partial charge in [0.25, 0.3) is 0 Å². The largest absolute Gasteiger partial charge is 0.496 e. The molecule has 4 rings (SSSR count). The number of hydrogen-bond donors (Lipinski definition) is 0. The van der Waals surface area contributed by atoms with Crippen molar-refractivity contribution in [3.05, 3.63) is 72.3 Å². The number of sulfonamides is 1. The first-order valence-electron chi connectivity index (χ1n) is 9.22. The highest BCUT2D eigenvalue weighted by molar-refractivity contribution is 7.89. The topological polar surface area (TPSA) is 46.6 Å². The van der Waals surface area contributed by atoms with E-state index in [-0.39, 0.29) is 0 Å². The van der Waals surface area contributed by atoms with Gasteiger partial charge in [0, 0.05) is 23.9 Å². The first kappa shape index (κ1) is 18.0. The van der Waals surface area contributed by atoms with Crippen molar-refractivity contribution < 1.29 is 13.2 Å². The van der Waals surface area contributed by atoms with Crippen LogP contribution in [0.5, 0.6) is 5.75 Å². The zero-order chi connectivity index (χ0) is 18.9. The maximum atomic E-state index is 13.3. The molecule has 0 N–H and O–H groups in total. The molecule has 3 aromatic carbocycles. The zero-order valence-corrected chi connectivity index (χ0v) is 16.2. The standard InChI is InChI=1S/C22H23NO3S/c1-26-21-11-12-22(20-10-6-5-9-19(20)21)27(24,25)23-15-13-18(14-16-23)17-7-3-2-4-8-17/h2-12,18H,13-16H2,1H3. The third-order valence-electron chi connectivity index (χ3n) is 5.41. The van der Waals surface area contributed by atoms with E-state index >= 15 is 0 Å². The van der Waals surface area contributed by atoms with E-state index in [1.165, 1.54) is 5.56 Å². The van der Waals surface area contributed by atoms with Gasteiger partial charge < -0.3 is 4.74 Å². The Labute approximate surface area is 160 Å². The predicted molar refractivity (Wildman–Crippen MR) is 108 cm³/mol. The average molecular weight is 381 g/mol. The molecule has 1 heterocycles. The predicted octanol–water partition coefficient (Wildman–Crippen LogP) is 4.42. The number of rotatable bonds is 4. The Morgan fingerprint density at radius 1 is 0.852 bits per heavy atom. The van der Waals surface area contributed by atoms with Crippen LogP contribution in [0.15, 0.2) is 71.6 Å². The number of fused-ring (bicyclic) bond motifs is 1. The Bertz CT molecular complexity index is 1040. The minimum atomic E-state index is -3.54. The highest BCUT2D eigenvalue weighted by atomic mass is 32.2. The number of benzene rings is 3. The molecule has 0 bridgehead atoms. The number of hydrogen-bond acceptors (Lipinski definition) is 3. The van der Waals surface area contributed by atoms with Gasteiger partial charge in [-0.2, -0.15) is 4.31 Å². The summed E-state index contributed by atoms with van der Waals surface area (Å²) in [7, 11) is -1.94. The highest BCUT2D eigenvalue weighted by Gasteiger charge is 2.31. The normalized spacial score (nSPS) is 16.5. The molecule has 27 heavy (non-hydrogen) atoms. The number of nitrogens with zero attached hydrogens (tertiary/aromatic N) is 1. The SMILES string of the molecule is COc1ccc(S(=O)(=O)N2CCC(c3ccccc3)CC2)c2ccccc12. The van der Waals surface area contributed by atoms with Gasteiger partial charge in [-0.05, 0) is 36.5 Å². The third kappa shape index (κ3) is 3.33. The summed E-state index contributed by atoms with van der Waals surface area (Å²) in [6.45, 7) is 1.09. The molecule has 0 unspecified atom stereocenters. The summed E-state index contributed by atoms with van der Waals surface area (Å²) in [4.78, 5) is 0.358. The van der Waals surface area contributed by atoms with Gasteiger partial charge in [-0.15, -0.1) is 0 Å². The van der Waals surface area contributed by atoms with Gasteiger partial charge in [0.2, 0.25) is 10.0 Å². The lowest BCUT2D eigenvalue weighted by atomic mass is 9.90. The van der Waals surface area contributed by atoms with E-state index in [0.717, 1.165) is 18.2 Å². The van der Waals surface area contributed by atoms with Gasteiger partial charge in [-0.3, -0.25) is 0 Å². The molecule has 0 aliphatic carbocycles. The monoisotopic (exact) mass is 381 g/mol. The Hall–Kier alpha value is -2.37. The van der Waals surface area contributed by atoms with Crippen LogP contribution >= 0.6 is 0 Å². The Morgan fingerprint density at radius 2 is 1.48 bits per heavy atom. The summed E-state index contributed by atoms with van der Waals surface area (Å²) >= 11 is 0. The van der Waals surface area contributed by atoms with E-state index < -0.39 is 10.0 Å². The van der Waals surface area contributed by atoms with Gasteiger partial charge in [0.1, 0.15) is 5.75 Å². The molecule has 5 heteroatoms. The highest BCUT2D eigenvalue weighted by Crippen LogP contribution is 2.35. The molecule has 1 aliphatic heterocycles. The van der Waals surface area contributed by atoms with E-state index in [0.29, 0.717) is 35.0 Å². The van der Waals surface area contributed by atoms with Crippen LogP contribution in [0.2, 0.25) is 0 Å². The van der Waals surface area contributed by atoms with Crippen molar-refractivity contribution in [2.45, 2.75) is 23.7 Å². The van der Waals surface area contributed by atoms with Crippen LogP contribution in [0.25, 0.3) is 10.8 Å². The van der Waals surface area contributed by atoms with Crippen LogP contribution in [0.3, 0.4) is 0 Å². The quantitative estimate of drug-likeness (QED) is 0.672. The van der Waals surface area contributed by atoms with Crippen molar-refractivity contribution in [2.24, 2.45) is 0 Å². The van der Waals surface area contributed by atoms with E-state index in [4.69, 9.17) is 4.74 Å². The summed E-state index contributed by atoms with van der Waals surface area (Å²) in [5, 5.41) is 1.53. The number of ether oxygens (including phenoxy) is 1. The van der Waals surface area contributed by atoms with Gasteiger partial charge in [0.05, 0.1) is 12.0 Å². The van der Waals surface area contributed by atoms with Gasteiger partial charge >= 0.3 is 0 Å². The van der Waals surface area contributed by atoms with Crippen LogP contribution in [0.4, 0.5) is 0 Å². The smallest absolute Gasteiger partial charge is 0.243 e. The lowest BCUT2D eigenvalue weighted by Gasteiger charge is -2.31. The fourth-order valence-corrected chi connectivity index (χ4v) is 5.61. The van der Waals surface area contributed by atoms with Crippen LogP contribution in [0, 0.1) is 0 Å². The third-order valence-corrected chi connectivity index (χ3v) is 7.36. The first-order chi connectivity index (χ1) is 13.1. The average Bonchev–Trinajstić information content (AvgIpc) is 2.73. The minimum absolute atomic E-state index is 0.358. The van der Waals surface area contributed by atoms with Gasteiger partial charge in [-0.25, -0.2) is 8.42 Å². The molecule has 1 fully saturated rings. The molecule has 0 radical (unpaired) electrons. The fourth-order valence-electron chi connectivity index (χ4n) is 3.94. The molecule has 0 spiro atoms. The molecule has 0 atom stereocenters. The molecule has 4 nitrogen and oxygen atoms in total. The summed E-state index contributed by atoms with van der Waals surface area (Å²) in [6.07, 6.45) is 1.69. The maximum Gasteiger partial charge on any atom is 0.243 e. The van der Waals surface area contributed by atoms with E-state index in [1.54, 1.807) is 23.5 Å². The van der Waals surface area contributed by atoms with Crippen molar-refractivity contribution in [1.82, 2.24) is 4.31 Å². The number of piperidine rings is 1. The van der Waals surface area contributed by atoms with Gasteiger partial charge in [-0.1, -0.05) is 54.6 Å². The summed E-state index contributed by atoms with van der Waals surface area (Å²) < 4.78 is 33.7. The second kappa shape index (κ2) is 7.33. The van der Waals surface area contributed by atoms with Crippen LogP contribution in [-0.2, 0) is 10.0 Å². The molecular weight excluding hydrogens is 358 g/mol. The molecule has 3 aromatic rings. The van der Waals surface area contributed by atoms with E-state index in [2.05, 4.69) is 12.1 Å². The number of methoxy groups -OCH3 is 1. The lowest BCUT2D eigenvalue weighted by Crippen LogP contribution is -2.38. The van der Waals surface area contributed by atoms with E-state index in [9.17, 15) is 8.42 Å². The summed E-state index contributed by atoms with van der Waals surface area (Å²) in [6, 6.07) is 21.3. The second-order valence-corrected chi connectivity index (χ2v) is 8.81. The van der Waals surface area contributed by atoms with Crippen molar-refractivity contribution in [3.8, 4) is 5.75 Å². The summed E-state index contributed by atoms with van der Waals surface area (Å²) in [5.74, 6) is 1.11. The second-order valence-electron chi connectivity index (χ2n) is 6.90. The Kier molecular flexibility index (Phi) is 4.89. The molecule has 1 aliphatic rings. The maximum absolute atomic E-state index is 13.3. The van der Waals surface area contributed by atoms with Gasteiger partial charge in [0.15, 0.2) is 0 Å². The van der Waals surface area contributed by atoms with Crippen molar-refractivity contribution in [3.63, 3.8) is 0 Å². The zero-order valence-electron chi connectivity index (χ0n) is 15.3. The molecule has 1 saturated heterocycles. The van der Waals surface area contributed by atoms with Crippen molar-refractivity contribution in [2.75, 3.05) is 20.2 Å². The molecule has 0 aromatic heterocycles. The molecule has 140 valence electrons. The molecular formula is C22H23NO3S. The van der Waals surface area contributed by atoms with E-state index in [1.807, 2.05) is 42.5 Å². The lowest BCUT2D eigenvalue weighted by molar-refractivity contribution is 0.319. The van der Waals surface area contributed by atoms with Crippen molar-refractivity contribution in [1.29, 1.82) is 0 Å². The Balaban J connectivity index is 1.63. The van der Waals surface area contributed by atoms with Crippen LogP contribution in [-0.4, -0.2) is 32.9 Å². The summed E-state index contributed by atoms with van der Waals surface area (Å²) in [5.41, 5.74) is 1.30. The Morgan fingerprint density at radius 3 is 2.15 bits per heavy atom. The molecule has 0 amide bonds. The fraction of sp³-hybridized carbons (Fsp3) is 0.273. The minimum Gasteiger partial charge on any atom is -0.496 e. The molecule has 0 saturated carbocycles. The van der Waals surface area contributed by atoms with Crippen molar-refractivity contribution >= 4 is 20.8 Å². The van der Waals surface area contributed by atoms with Crippen LogP contribution < -0.4 is 4.74 Å². The van der Waals surface area contributed by atoms with Crippen LogP contribution in [0.1, 0.15) is 24.3 Å².